The van der Waals surface area contributed by atoms with Crippen molar-refractivity contribution in [3.8, 4) is 17.2 Å². The molecular weight excluding hydrogens is 344 g/mol. The summed E-state index contributed by atoms with van der Waals surface area (Å²) in [5.74, 6) is 2.30. The molecule has 2 aliphatic heterocycles. The Morgan fingerprint density at radius 3 is 2.89 bits per heavy atom. The zero-order valence-electron chi connectivity index (χ0n) is 15.4. The molecular formula is C21H24N2O4. The van der Waals surface area contributed by atoms with Crippen molar-refractivity contribution < 1.29 is 19.0 Å². The van der Waals surface area contributed by atoms with E-state index >= 15 is 0 Å². The molecule has 2 aliphatic rings. The molecule has 0 aromatic heterocycles. The highest BCUT2D eigenvalue weighted by Gasteiger charge is 2.28. The summed E-state index contributed by atoms with van der Waals surface area (Å²) in [6.07, 6.45) is 2.11. The van der Waals surface area contributed by atoms with E-state index in [0.29, 0.717) is 19.8 Å². The molecule has 0 aliphatic carbocycles. The molecule has 1 atom stereocenters. The van der Waals surface area contributed by atoms with Gasteiger partial charge < -0.3 is 19.5 Å². The highest BCUT2D eigenvalue weighted by Crippen LogP contribution is 2.37. The molecule has 6 nitrogen and oxygen atoms in total. The van der Waals surface area contributed by atoms with Gasteiger partial charge in [-0.05, 0) is 49.2 Å². The van der Waals surface area contributed by atoms with E-state index in [1.807, 2.05) is 30.3 Å². The minimum Gasteiger partial charge on any atom is -0.497 e. The molecule has 2 aromatic carbocycles. The lowest BCUT2D eigenvalue weighted by Gasteiger charge is -2.26. The molecule has 0 unspecified atom stereocenters. The lowest BCUT2D eigenvalue weighted by Crippen LogP contribution is -2.33. The van der Waals surface area contributed by atoms with Crippen LogP contribution in [0.1, 0.15) is 24.4 Å². The van der Waals surface area contributed by atoms with Crippen LogP contribution < -0.4 is 19.5 Å². The molecule has 2 aromatic rings. The van der Waals surface area contributed by atoms with Crippen LogP contribution in [-0.2, 0) is 4.79 Å². The lowest BCUT2D eigenvalue weighted by atomic mass is 10.0. The molecule has 1 fully saturated rings. The number of carbonyl (C=O) groups is 1. The highest BCUT2D eigenvalue weighted by molar-refractivity contribution is 5.92. The third kappa shape index (κ3) is 4.01. The van der Waals surface area contributed by atoms with Crippen molar-refractivity contribution in [2.45, 2.75) is 18.9 Å². The first-order valence-electron chi connectivity index (χ1n) is 9.30. The molecule has 27 heavy (non-hydrogen) atoms. The minimum atomic E-state index is -0.0207. The van der Waals surface area contributed by atoms with Gasteiger partial charge in [0.25, 0.3) is 0 Å². The number of ether oxygens (including phenoxy) is 3. The Kier molecular flexibility index (Phi) is 5.16. The van der Waals surface area contributed by atoms with Crippen molar-refractivity contribution in [1.82, 2.24) is 4.90 Å². The van der Waals surface area contributed by atoms with Crippen molar-refractivity contribution in [2.24, 2.45) is 0 Å². The number of fused-ring (bicyclic) bond motifs is 1. The van der Waals surface area contributed by atoms with Gasteiger partial charge in [0.2, 0.25) is 5.91 Å². The normalized spacial score (nSPS) is 18.9. The molecule has 1 N–H and O–H groups in total. The van der Waals surface area contributed by atoms with E-state index in [2.05, 4.69) is 22.3 Å². The van der Waals surface area contributed by atoms with Crippen LogP contribution in [0.25, 0.3) is 0 Å². The molecule has 6 heteroatoms. The largest absolute Gasteiger partial charge is 0.497 e. The number of rotatable bonds is 5. The first kappa shape index (κ1) is 17.7. The van der Waals surface area contributed by atoms with Crippen molar-refractivity contribution in [1.29, 1.82) is 0 Å². The van der Waals surface area contributed by atoms with Gasteiger partial charge in [-0.3, -0.25) is 9.69 Å². The summed E-state index contributed by atoms with van der Waals surface area (Å²) in [5, 5.41) is 2.96. The number of anilines is 1. The first-order chi connectivity index (χ1) is 13.2. The summed E-state index contributed by atoms with van der Waals surface area (Å²) in [5.41, 5.74) is 1.92. The molecule has 0 radical (unpaired) electrons. The average Bonchev–Trinajstić information content (AvgIpc) is 3.15. The predicted octanol–water partition coefficient (Wildman–Crippen LogP) is 3.24. The number of carbonyl (C=O) groups excluding carboxylic acids is 1. The fraction of sp³-hybridized carbons (Fsp3) is 0.381. The Bertz CT molecular complexity index is 824. The maximum absolute atomic E-state index is 12.5. The number of hydrogen-bond acceptors (Lipinski definition) is 5. The first-order valence-corrected chi connectivity index (χ1v) is 9.30. The fourth-order valence-electron chi connectivity index (χ4n) is 3.75. The van der Waals surface area contributed by atoms with Gasteiger partial charge in [0.15, 0.2) is 11.5 Å². The van der Waals surface area contributed by atoms with Gasteiger partial charge in [-0.25, -0.2) is 0 Å². The molecule has 142 valence electrons. The van der Waals surface area contributed by atoms with Crippen LogP contribution in [0.4, 0.5) is 5.69 Å². The number of hydrogen-bond donors (Lipinski definition) is 1. The maximum Gasteiger partial charge on any atom is 0.238 e. The van der Waals surface area contributed by atoms with E-state index in [4.69, 9.17) is 14.2 Å². The Hall–Kier alpha value is -2.73. The summed E-state index contributed by atoms with van der Waals surface area (Å²) in [6.45, 7) is 2.43. The third-order valence-electron chi connectivity index (χ3n) is 5.01. The van der Waals surface area contributed by atoms with E-state index < -0.39 is 0 Å². The zero-order valence-corrected chi connectivity index (χ0v) is 15.4. The Morgan fingerprint density at radius 1 is 1.19 bits per heavy atom. The van der Waals surface area contributed by atoms with Gasteiger partial charge >= 0.3 is 0 Å². The van der Waals surface area contributed by atoms with Gasteiger partial charge in [0, 0.05) is 17.8 Å². The van der Waals surface area contributed by atoms with Gasteiger partial charge in [0.1, 0.15) is 19.0 Å². The SMILES string of the molecule is COc1cccc(NC(=O)CN2CCC[C@@H]2c2ccc3c(c2)OCCO3)c1. The summed E-state index contributed by atoms with van der Waals surface area (Å²) in [6, 6.07) is 13.7. The Balaban J connectivity index is 1.43. The van der Waals surface area contributed by atoms with Crippen LogP contribution in [0, 0.1) is 0 Å². The van der Waals surface area contributed by atoms with Crippen molar-refractivity contribution in [2.75, 3.05) is 38.7 Å². The number of amides is 1. The van der Waals surface area contributed by atoms with E-state index in [0.717, 1.165) is 42.3 Å². The standard InChI is InChI=1S/C21H24N2O4/c1-25-17-5-2-4-16(13-17)22-21(24)14-23-9-3-6-18(23)15-7-8-19-20(12-15)27-11-10-26-19/h2,4-5,7-8,12-13,18H,3,6,9-11,14H2,1H3,(H,22,24)/t18-/m1/s1. The molecule has 1 saturated heterocycles. The number of likely N-dealkylation sites (tertiary alicyclic amines) is 1. The molecule has 0 saturated carbocycles. The molecule has 0 bridgehead atoms. The molecule has 0 spiro atoms. The zero-order chi connectivity index (χ0) is 18.6. The van der Waals surface area contributed by atoms with Crippen LogP contribution in [-0.4, -0.2) is 44.2 Å². The van der Waals surface area contributed by atoms with Gasteiger partial charge in [0.05, 0.1) is 13.7 Å². The third-order valence-corrected chi connectivity index (χ3v) is 5.01. The topological polar surface area (TPSA) is 60.0 Å². The Morgan fingerprint density at radius 2 is 2.04 bits per heavy atom. The monoisotopic (exact) mass is 368 g/mol. The van der Waals surface area contributed by atoms with Crippen LogP contribution in [0.15, 0.2) is 42.5 Å². The fourth-order valence-corrected chi connectivity index (χ4v) is 3.75. The summed E-state index contributed by atoms with van der Waals surface area (Å²) in [4.78, 5) is 14.8. The predicted molar refractivity (Wildman–Crippen MR) is 103 cm³/mol. The second-order valence-electron chi connectivity index (χ2n) is 6.81. The van der Waals surface area contributed by atoms with Gasteiger partial charge in [-0.15, -0.1) is 0 Å². The van der Waals surface area contributed by atoms with Crippen molar-refractivity contribution in [3.05, 3.63) is 48.0 Å². The smallest absolute Gasteiger partial charge is 0.238 e. The lowest BCUT2D eigenvalue weighted by molar-refractivity contribution is -0.117. The number of nitrogens with zero attached hydrogens (tertiary/aromatic N) is 1. The number of benzene rings is 2. The molecule has 1 amide bonds. The van der Waals surface area contributed by atoms with Gasteiger partial charge in [-0.2, -0.15) is 0 Å². The summed E-state index contributed by atoms with van der Waals surface area (Å²) >= 11 is 0. The highest BCUT2D eigenvalue weighted by atomic mass is 16.6. The average molecular weight is 368 g/mol. The van der Waals surface area contributed by atoms with Crippen LogP contribution in [0.5, 0.6) is 17.2 Å². The van der Waals surface area contributed by atoms with Crippen molar-refractivity contribution >= 4 is 11.6 Å². The second kappa shape index (κ2) is 7.88. The Labute approximate surface area is 159 Å². The number of nitrogens with one attached hydrogen (secondary N) is 1. The van der Waals surface area contributed by atoms with E-state index in [1.165, 1.54) is 5.56 Å². The maximum atomic E-state index is 12.5. The van der Waals surface area contributed by atoms with Crippen LogP contribution >= 0.6 is 0 Å². The summed E-state index contributed by atoms with van der Waals surface area (Å²) < 4.78 is 16.5. The molecule has 2 heterocycles. The number of methoxy groups -OCH3 is 1. The van der Waals surface area contributed by atoms with E-state index in [1.54, 1.807) is 7.11 Å². The second-order valence-corrected chi connectivity index (χ2v) is 6.81. The summed E-state index contributed by atoms with van der Waals surface area (Å²) in [7, 11) is 1.61. The van der Waals surface area contributed by atoms with Crippen molar-refractivity contribution in [3.63, 3.8) is 0 Å². The van der Waals surface area contributed by atoms with E-state index in [9.17, 15) is 4.79 Å². The van der Waals surface area contributed by atoms with Crippen LogP contribution in [0.3, 0.4) is 0 Å². The van der Waals surface area contributed by atoms with Gasteiger partial charge in [-0.1, -0.05) is 12.1 Å². The van der Waals surface area contributed by atoms with Crippen LogP contribution in [0.2, 0.25) is 0 Å². The quantitative estimate of drug-likeness (QED) is 0.878. The molecule has 4 rings (SSSR count). The minimum absolute atomic E-state index is 0.0207. The van der Waals surface area contributed by atoms with E-state index in [-0.39, 0.29) is 11.9 Å².